The number of nitrogens with zero attached hydrogens (tertiary/aromatic N) is 1. The minimum Gasteiger partial charge on any atom is -0.476 e. The van der Waals surface area contributed by atoms with Crippen molar-refractivity contribution >= 4 is 23.2 Å². The lowest BCUT2D eigenvalue weighted by molar-refractivity contribution is -0.134. The van der Waals surface area contributed by atoms with Crippen LogP contribution in [0.5, 0.6) is 5.75 Å². The van der Waals surface area contributed by atoms with Gasteiger partial charge in [-0.15, -0.1) is 0 Å². The molecule has 142 valence electrons. The molecule has 1 N–H and O–H groups in total. The summed E-state index contributed by atoms with van der Waals surface area (Å²) in [6, 6.07) is 12.7. The minimum absolute atomic E-state index is 0.232. The first-order valence-corrected chi connectivity index (χ1v) is 9.26. The molecule has 2 aromatic rings. The second kappa shape index (κ2) is 7.06. The Morgan fingerprint density at radius 3 is 2.48 bits per heavy atom. The highest BCUT2D eigenvalue weighted by atomic mass is 16.5. The van der Waals surface area contributed by atoms with Crippen molar-refractivity contribution in [3.63, 3.8) is 0 Å². The van der Waals surface area contributed by atoms with E-state index in [2.05, 4.69) is 12.2 Å². The molecule has 0 spiro atoms. The molecule has 1 aliphatic rings. The topological polar surface area (TPSA) is 58.6 Å². The summed E-state index contributed by atoms with van der Waals surface area (Å²) in [4.78, 5) is 27.4. The van der Waals surface area contributed by atoms with E-state index in [0.717, 1.165) is 12.0 Å². The number of carbonyl (C=O) groups is 2. The number of nitrogens with one attached hydrogen (secondary N) is 1. The maximum absolute atomic E-state index is 13.0. The van der Waals surface area contributed by atoms with Crippen LogP contribution in [0.25, 0.3) is 0 Å². The number of rotatable bonds is 4. The van der Waals surface area contributed by atoms with Crippen LogP contribution in [0, 0.1) is 6.92 Å². The van der Waals surface area contributed by atoms with E-state index < -0.39 is 11.6 Å². The molecule has 0 saturated heterocycles. The molecule has 1 unspecified atom stereocenters. The van der Waals surface area contributed by atoms with Crippen molar-refractivity contribution in [3.8, 4) is 5.75 Å². The van der Waals surface area contributed by atoms with Crippen LogP contribution < -0.4 is 15.0 Å². The van der Waals surface area contributed by atoms with Crippen LogP contribution in [-0.4, -0.2) is 23.5 Å². The summed E-state index contributed by atoms with van der Waals surface area (Å²) in [6.07, 6.45) is 0.943. The van der Waals surface area contributed by atoms with Crippen LogP contribution in [0.2, 0.25) is 0 Å². The van der Waals surface area contributed by atoms with Gasteiger partial charge in [0, 0.05) is 5.69 Å². The second-order valence-electron chi connectivity index (χ2n) is 7.47. The van der Waals surface area contributed by atoms with Crippen molar-refractivity contribution in [2.75, 3.05) is 10.2 Å². The van der Waals surface area contributed by atoms with Crippen molar-refractivity contribution in [3.05, 3.63) is 53.6 Å². The van der Waals surface area contributed by atoms with E-state index in [9.17, 15) is 9.59 Å². The number of anilines is 2. The van der Waals surface area contributed by atoms with Crippen molar-refractivity contribution in [2.24, 2.45) is 0 Å². The first-order chi connectivity index (χ1) is 12.7. The van der Waals surface area contributed by atoms with E-state index in [4.69, 9.17) is 4.74 Å². The molecule has 0 radical (unpaired) electrons. The molecule has 5 heteroatoms. The van der Waals surface area contributed by atoms with Crippen molar-refractivity contribution < 1.29 is 14.3 Å². The zero-order chi connectivity index (χ0) is 19.8. The summed E-state index contributed by atoms with van der Waals surface area (Å²) in [5, 5.41) is 2.91. The number of hydrogen-bond donors (Lipinski definition) is 1. The zero-order valence-electron chi connectivity index (χ0n) is 16.5. The highest BCUT2D eigenvalue weighted by molar-refractivity contribution is 6.09. The van der Waals surface area contributed by atoms with E-state index in [1.807, 2.05) is 49.4 Å². The Balaban J connectivity index is 1.89. The highest BCUT2D eigenvalue weighted by Crippen LogP contribution is 2.39. The molecule has 0 aromatic heterocycles. The van der Waals surface area contributed by atoms with Crippen molar-refractivity contribution in [1.29, 1.82) is 0 Å². The molecular formula is C22H26N2O3. The number of hydrogen-bond acceptors (Lipinski definition) is 3. The summed E-state index contributed by atoms with van der Waals surface area (Å²) in [5.74, 6) is 0.138. The Morgan fingerprint density at radius 2 is 1.85 bits per heavy atom. The van der Waals surface area contributed by atoms with E-state index >= 15 is 0 Å². The summed E-state index contributed by atoms with van der Waals surface area (Å²) >= 11 is 0. The van der Waals surface area contributed by atoms with Crippen LogP contribution in [0.3, 0.4) is 0 Å². The molecule has 1 atom stereocenters. The number of aryl methyl sites for hydroxylation is 2. The molecule has 27 heavy (non-hydrogen) atoms. The molecule has 0 fully saturated rings. The van der Waals surface area contributed by atoms with Gasteiger partial charge in [0.25, 0.3) is 5.91 Å². The third-order valence-electron chi connectivity index (χ3n) is 4.87. The van der Waals surface area contributed by atoms with Crippen molar-refractivity contribution in [2.45, 2.75) is 52.7 Å². The molecule has 0 bridgehead atoms. The Bertz CT molecular complexity index is 872. The quantitative estimate of drug-likeness (QED) is 0.887. The maximum atomic E-state index is 13.0. The number of amides is 2. The average Bonchev–Trinajstić information content (AvgIpc) is 2.63. The predicted molar refractivity (Wildman–Crippen MR) is 107 cm³/mol. The first kappa shape index (κ1) is 19.0. The fourth-order valence-corrected chi connectivity index (χ4v) is 3.19. The number of fused-ring (bicyclic) bond motifs is 1. The van der Waals surface area contributed by atoms with E-state index in [0.29, 0.717) is 17.1 Å². The van der Waals surface area contributed by atoms with E-state index in [-0.39, 0.29) is 11.8 Å². The van der Waals surface area contributed by atoms with Gasteiger partial charge in [0.1, 0.15) is 11.8 Å². The van der Waals surface area contributed by atoms with Gasteiger partial charge >= 0.3 is 0 Å². The highest BCUT2D eigenvalue weighted by Gasteiger charge is 2.44. The van der Waals surface area contributed by atoms with Gasteiger partial charge in [-0.2, -0.15) is 0 Å². The normalized spacial score (nSPS) is 16.3. The monoisotopic (exact) mass is 366 g/mol. The Labute approximate surface area is 160 Å². The molecule has 5 nitrogen and oxygen atoms in total. The predicted octanol–water partition coefficient (Wildman–Crippen LogP) is 4.09. The molecule has 0 saturated carbocycles. The molecule has 2 amide bonds. The van der Waals surface area contributed by atoms with E-state index in [1.165, 1.54) is 5.56 Å². The third kappa shape index (κ3) is 3.68. The molecular weight excluding hydrogens is 340 g/mol. The van der Waals surface area contributed by atoms with Gasteiger partial charge in [-0.1, -0.05) is 25.1 Å². The lowest BCUT2D eigenvalue weighted by Gasteiger charge is -2.41. The standard InChI is InChI=1S/C22H26N2O3/c1-6-16-8-10-17(11-9-16)23-20(25)15(3)24-18-13-14(2)7-12-19(18)27-22(4,5)21(24)26/h7-13,15H,6H2,1-5H3,(H,23,25). The van der Waals surface area contributed by atoms with Crippen molar-refractivity contribution in [1.82, 2.24) is 0 Å². The molecule has 2 aromatic carbocycles. The van der Waals surface area contributed by atoms with Gasteiger partial charge in [-0.3, -0.25) is 14.5 Å². The maximum Gasteiger partial charge on any atom is 0.271 e. The van der Waals surface area contributed by atoms with Crippen LogP contribution >= 0.6 is 0 Å². The summed E-state index contributed by atoms with van der Waals surface area (Å²) in [7, 11) is 0. The number of benzene rings is 2. The largest absolute Gasteiger partial charge is 0.476 e. The number of carbonyl (C=O) groups excluding carboxylic acids is 2. The van der Waals surface area contributed by atoms with Gasteiger partial charge in [0.2, 0.25) is 5.91 Å². The van der Waals surface area contributed by atoms with Gasteiger partial charge in [0.05, 0.1) is 5.69 Å². The molecule has 0 aliphatic carbocycles. The molecule has 1 heterocycles. The minimum atomic E-state index is -1.03. The fourth-order valence-electron chi connectivity index (χ4n) is 3.19. The van der Waals surface area contributed by atoms with Crippen LogP contribution in [0.4, 0.5) is 11.4 Å². The van der Waals surface area contributed by atoms with Gasteiger partial charge < -0.3 is 10.1 Å². The molecule has 3 rings (SSSR count). The fraction of sp³-hybridized carbons (Fsp3) is 0.364. The van der Waals surface area contributed by atoms with Gasteiger partial charge in [-0.25, -0.2) is 0 Å². The van der Waals surface area contributed by atoms with Crippen LogP contribution in [0.1, 0.15) is 38.8 Å². The lowest BCUT2D eigenvalue weighted by atomic mass is 10.0. The summed E-state index contributed by atoms with van der Waals surface area (Å²) < 4.78 is 5.87. The smallest absolute Gasteiger partial charge is 0.271 e. The number of ether oxygens (including phenoxy) is 1. The molecule has 1 aliphatic heterocycles. The average molecular weight is 366 g/mol. The zero-order valence-corrected chi connectivity index (χ0v) is 16.5. The Morgan fingerprint density at radius 1 is 1.19 bits per heavy atom. The van der Waals surface area contributed by atoms with E-state index in [1.54, 1.807) is 25.7 Å². The summed E-state index contributed by atoms with van der Waals surface area (Å²) in [5.41, 5.74) is 2.52. The van der Waals surface area contributed by atoms with Gasteiger partial charge in [-0.05, 0) is 69.5 Å². The van der Waals surface area contributed by atoms with Crippen LogP contribution in [0.15, 0.2) is 42.5 Å². The third-order valence-corrected chi connectivity index (χ3v) is 4.87. The first-order valence-electron chi connectivity index (χ1n) is 9.26. The summed E-state index contributed by atoms with van der Waals surface area (Å²) in [6.45, 7) is 9.21. The lowest BCUT2D eigenvalue weighted by Crippen LogP contribution is -2.57. The van der Waals surface area contributed by atoms with Crippen LogP contribution in [-0.2, 0) is 16.0 Å². The SMILES string of the molecule is CCc1ccc(NC(=O)C(C)N2C(=O)C(C)(C)Oc3ccc(C)cc32)cc1. The Kier molecular flexibility index (Phi) is 4.96. The Hall–Kier alpha value is -2.82. The van der Waals surface area contributed by atoms with Gasteiger partial charge in [0.15, 0.2) is 5.60 Å². The second-order valence-corrected chi connectivity index (χ2v) is 7.47.